The van der Waals surface area contributed by atoms with E-state index in [2.05, 4.69) is 10.0 Å². The molecule has 1 heterocycles. The highest BCUT2D eigenvalue weighted by molar-refractivity contribution is 7.89. The molecule has 110 valence electrons. The molecule has 0 bridgehead atoms. The molecule has 0 saturated heterocycles. The van der Waals surface area contributed by atoms with Crippen LogP contribution in [-0.4, -0.2) is 46.4 Å². The Kier molecular flexibility index (Phi) is 7.03. The molecule has 1 aromatic heterocycles. The van der Waals surface area contributed by atoms with Gasteiger partial charge in [0, 0.05) is 6.54 Å². The van der Waals surface area contributed by atoms with E-state index < -0.39 is 10.0 Å². The highest BCUT2D eigenvalue weighted by Crippen LogP contribution is 2.13. The van der Waals surface area contributed by atoms with E-state index in [4.69, 9.17) is 14.3 Å². The number of furan rings is 1. The Morgan fingerprint density at radius 1 is 1.37 bits per heavy atom. The van der Waals surface area contributed by atoms with Gasteiger partial charge >= 0.3 is 0 Å². The molecule has 0 aliphatic heterocycles. The van der Waals surface area contributed by atoms with Crippen molar-refractivity contribution >= 4 is 10.0 Å². The van der Waals surface area contributed by atoms with E-state index in [1.54, 1.807) is 6.07 Å². The Morgan fingerprint density at radius 3 is 2.84 bits per heavy atom. The molecular formula is C11H20N2O5S. The van der Waals surface area contributed by atoms with Gasteiger partial charge in [0.15, 0.2) is 0 Å². The van der Waals surface area contributed by atoms with Crippen molar-refractivity contribution in [3.63, 3.8) is 0 Å². The first-order valence-electron chi connectivity index (χ1n) is 6.08. The summed E-state index contributed by atoms with van der Waals surface area (Å²) in [6.45, 7) is 3.66. The number of sulfonamides is 1. The monoisotopic (exact) mass is 292 g/mol. The molecule has 0 atom stereocenters. The number of rotatable bonds is 10. The second-order valence-electron chi connectivity index (χ2n) is 3.73. The molecule has 8 heteroatoms. The van der Waals surface area contributed by atoms with E-state index in [0.29, 0.717) is 12.3 Å². The third kappa shape index (κ3) is 5.70. The minimum Gasteiger partial charge on any atom is -0.447 e. The van der Waals surface area contributed by atoms with Crippen LogP contribution in [0.25, 0.3) is 0 Å². The Hall–Kier alpha value is -0.930. The Bertz CT molecular complexity index is 457. The number of aliphatic hydroxyl groups is 1. The Morgan fingerprint density at radius 2 is 2.16 bits per heavy atom. The lowest BCUT2D eigenvalue weighted by Gasteiger charge is -2.04. The highest BCUT2D eigenvalue weighted by Gasteiger charge is 2.17. The minimum atomic E-state index is -3.64. The smallest absolute Gasteiger partial charge is 0.274 e. The van der Waals surface area contributed by atoms with Crippen LogP contribution in [0.15, 0.2) is 21.6 Å². The molecular weight excluding hydrogens is 272 g/mol. The van der Waals surface area contributed by atoms with Gasteiger partial charge in [0.2, 0.25) is 5.09 Å². The van der Waals surface area contributed by atoms with Crippen LogP contribution >= 0.6 is 0 Å². The van der Waals surface area contributed by atoms with Gasteiger partial charge in [-0.1, -0.05) is 6.92 Å². The summed E-state index contributed by atoms with van der Waals surface area (Å²) in [7, 11) is -3.64. The summed E-state index contributed by atoms with van der Waals surface area (Å²) in [5.74, 6) is 0.568. The van der Waals surface area contributed by atoms with Gasteiger partial charge in [-0.3, -0.25) is 0 Å². The lowest BCUT2D eigenvalue weighted by atomic mass is 10.4. The van der Waals surface area contributed by atoms with E-state index in [-0.39, 0.29) is 31.5 Å². The first kappa shape index (κ1) is 16.1. The summed E-state index contributed by atoms with van der Waals surface area (Å²) in [4.78, 5) is 0. The second kappa shape index (κ2) is 8.28. The van der Waals surface area contributed by atoms with Crippen LogP contribution in [0.4, 0.5) is 0 Å². The zero-order chi connectivity index (χ0) is 14.1. The van der Waals surface area contributed by atoms with Gasteiger partial charge in [-0.25, -0.2) is 13.1 Å². The van der Waals surface area contributed by atoms with Crippen molar-refractivity contribution in [2.24, 2.45) is 0 Å². The molecule has 0 fully saturated rings. The van der Waals surface area contributed by atoms with Gasteiger partial charge in [-0.15, -0.1) is 0 Å². The first-order chi connectivity index (χ1) is 9.10. The lowest BCUT2D eigenvalue weighted by Crippen LogP contribution is -2.27. The van der Waals surface area contributed by atoms with E-state index in [1.807, 2.05) is 6.92 Å². The predicted octanol–water partition coefficient (Wildman–Crippen LogP) is -0.324. The van der Waals surface area contributed by atoms with Crippen LogP contribution in [-0.2, 0) is 21.3 Å². The standard InChI is InChI=1S/C11H20N2O5S/c1-2-12-9-10-3-4-11(18-10)19(15,16)13-5-7-17-8-6-14/h3-4,12-14H,2,5-9H2,1H3. The number of hydrogen-bond acceptors (Lipinski definition) is 6. The summed E-state index contributed by atoms with van der Waals surface area (Å²) >= 11 is 0. The number of aliphatic hydroxyl groups excluding tert-OH is 1. The topological polar surface area (TPSA) is 101 Å². The molecule has 3 N–H and O–H groups in total. The van der Waals surface area contributed by atoms with Crippen molar-refractivity contribution in [2.75, 3.05) is 32.9 Å². The summed E-state index contributed by atoms with van der Waals surface area (Å²) in [6.07, 6.45) is 0. The predicted molar refractivity (Wildman–Crippen MR) is 69.2 cm³/mol. The summed E-state index contributed by atoms with van der Waals surface area (Å²) in [6, 6.07) is 3.04. The van der Waals surface area contributed by atoms with E-state index >= 15 is 0 Å². The van der Waals surface area contributed by atoms with Crippen LogP contribution < -0.4 is 10.0 Å². The number of ether oxygens (including phenoxy) is 1. The molecule has 0 aromatic carbocycles. The van der Waals surface area contributed by atoms with Crippen molar-refractivity contribution in [3.8, 4) is 0 Å². The van der Waals surface area contributed by atoms with E-state index in [9.17, 15) is 8.42 Å². The second-order valence-corrected chi connectivity index (χ2v) is 5.43. The van der Waals surface area contributed by atoms with Crippen LogP contribution in [0.3, 0.4) is 0 Å². The fourth-order valence-electron chi connectivity index (χ4n) is 1.33. The summed E-state index contributed by atoms with van der Waals surface area (Å²) in [5.41, 5.74) is 0. The summed E-state index contributed by atoms with van der Waals surface area (Å²) < 4.78 is 36.2. The van der Waals surface area contributed by atoms with Crippen molar-refractivity contribution in [3.05, 3.63) is 17.9 Å². The first-order valence-corrected chi connectivity index (χ1v) is 7.56. The van der Waals surface area contributed by atoms with E-state index in [1.165, 1.54) is 6.07 Å². The van der Waals surface area contributed by atoms with Crippen molar-refractivity contribution in [1.82, 2.24) is 10.0 Å². The maximum absolute atomic E-state index is 11.8. The SMILES string of the molecule is CCNCc1ccc(S(=O)(=O)NCCOCCO)o1. The molecule has 7 nitrogen and oxygen atoms in total. The van der Waals surface area contributed by atoms with Crippen molar-refractivity contribution in [2.45, 2.75) is 18.6 Å². The molecule has 1 aromatic rings. The molecule has 0 aliphatic rings. The van der Waals surface area contributed by atoms with Crippen molar-refractivity contribution < 1.29 is 22.7 Å². The van der Waals surface area contributed by atoms with Crippen molar-refractivity contribution in [1.29, 1.82) is 0 Å². The van der Waals surface area contributed by atoms with Gasteiger partial charge in [-0.2, -0.15) is 0 Å². The maximum Gasteiger partial charge on any atom is 0.274 e. The Labute approximate surface area is 113 Å². The largest absolute Gasteiger partial charge is 0.447 e. The third-order valence-electron chi connectivity index (χ3n) is 2.23. The number of hydrogen-bond donors (Lipinski definition) is 3. The third-order valence-corrected chi connectivity index (χ3v) is 3.56. The molecule has 19 heavy (non-hydrogen) atoms. The zero-order valence-electron chi connectivity index (χ0n) is 10.9. The van der Waals surface area contributed by atoms with Crippen LogP contribution in [0.5, 0.6) is 0 Å². The molecule has 0 spiro atoms. The molecule has 0 aliphatic carbocycles. The van der Waals surface area contributed by atoms with E-state index in [0.717, 1.165) is 6.54 Å². The van der Waals surface area contributed by atoms with Gasteiger partial charge in [0.25, 0.3) is 10.0 Å². The van der Waals surface area contributed by atoms with Crippen LogP contribution in [0, 0.1) is 0 Å². The Balaban J connectivity index is 2.45. The fourth-order valence-corrected chi connectivity index (χ4v) is 2.29. The maximum atomic E-state index is 11.8. The van der Waals surface area contributed by atoms with Gasteiger partial charge in [0.1, 0.15) is 5.76 Å². The van der Waals surface area contributed by atoms with Gasteiger partial charge < -0.3 is 19.6 Å². The molecule has 0 amide bonds. The quantitative estimate of drug-likeness (QED) is 0.511. The normalized spacial score (nSPS) is 11.9. The van der Waals surface area contributed by atoms with Crippen LogP contribution in [0.1, 0.15) is 12.7 Å². The van der Waals surface area contributed by atoms with Gasteiger partial charge in [-0.05, 0) is 18.7 Å². The van der Waals surface area contributed by atoms with Crippen LogP contribution in [0.2, 0.25) is 0 Å². The lowest BCUT2D eigenvalue weighted by molar-refractivity contribution is 0.0961. The molecule has 0 radical (unpaired) electrons. The van der Waals surface area contributed by atoms with Gasteiger partial charge in [0.05, 0.1) is 26.4 Å². The zero-order valence-corrected chi connectivity index (χ0v) is 11.7. The molecule has 1 rings (SSSR count). The molecule has 0 unspecified atom stereocenters. The fraction of sp³-hybridized carbons (Fsp3) is 0.636. The highest BCUT2D eigenvalue weighted by atomic mass is 32.2. The average molecular weight is 292 g/mol. The average Bonchev–Trinajstić information content (AvgIpc) is 2.85. The number of nitrogens with one attached hydrogen (secondary N) is 2. The molecule has 0 saturated carbocycles. The minimum absolute atomic E-state index is 0.0846. The summed E-state index contributed by atoms with van der Waals surface area (Å²) in [5, 5.41) is 11.4.